The predicted octanol–water partition coefficient (Wildman–Crippen LogP) is 2.51. The Morgan fingerprint density at radius 1 is 1.41 bits per heavy atom. The molecule has 1 rings (SSSR count). The van der Waals surface area contributed by atoms with Crippen LogP contribution in [0.15, 0.2) is 24.3 Å². The van der Waals surface area contributed by atoms with Crippen LogP contribution in [0.1, 0.15) is 29.9 Å². The van der Waals surface area contributed by atoms with E-state index in [1.54, 1.807) is 0 Å². The van der Waals surface area contributed by atoms with Crippen LogP contribution in [0.2, 0.25) is 0 Å². The molecular formula is C12H18Cl2N2O. The van der Waals surface area contributed by atoms with Crippen molar-refractivity contribution in [3.05, 3.63) is 35.4 Å². The Balaban J connectivity index is 0.00000256. The minimum atomic E-state index is -0.204. The number of hydrogen-bond donors (Lipinski definition) is 2. The van der Waals surface area contributed by atoms with Gasteiger partial charge in [0.25, 0.3) is 0 Å². The molecule has 1 aromatic carbocycles. The lowest BCUT2D eigenvalue weighted by Gasteiger charge is -2.15. The zero-order valence-electron chi connectivity index (χ0n) is 9.78. The Morgan fingerprint density at radius 3 is 2.47 bits per heavy atom. The zero-order valence-corrected chi connectivity index (χ0v) is 11.4. The summed E-state index contributed by atoms with van der Waals surface area (Å²) in [4.78, 5) is 11.6. The van der Waals surface area contributed by atoms with Crippen molar-refractivity contribution >= 4 is 29.9 Å². The third-order valence-electron chi connectivity index (χ3n) is 2.56. The van der Waals surface area contributed by atoms with Gasteiger partial charge in [-0.15, -0.1) is 24.0 Å². The fourth-order valence-electron chi connectivity index (χ4n) is 1.63. The molecule has 0 heterocycles. The van der Waals surface area contributed by atoms with Gasteiger partial charge in [0.15, 0.2) is 0 Å². The average Bonchev–Trinajstić information content (AvgIpc) is 2.31. The molecule has 5 heteroatoms. The van der Waals surface area contributed by atoms with Gasteiger partial charge in [-0.2, -0.15) is 0 Å². The summed E-state index contributed by atoms with van der Waals surface area (Å²) < 4.78 is 0. The van der Waals surface area contributed by atoms with Crippen molar-refractivity contribution in [1.82, 2.24) is 5.43 Å². The van der Waals surface area contributed by atoms with Gasteiger partial charge < -0.3 is 0 Å². The van der Waals surface area contributed by atoms with Gasteiger partial charge >= 0.3 is 0 Å². The van der Waals surface area contributed by atoms with Crippen LogP contribution in [0.25, 0.3) is 0 Å². The van der Waals surface area contributed by atoms with Crippen molar-refractivity contribution in [3.63, 3.8) is 0 Å². The van der Waals surface area contributed by atoms with Crippen LogP contribution >= 0.6 is 24.0 Å². The van der Waals surface area contributed by atoms with E-state index in [9.17, 15) is 4.79 Å². The highest BCUT2D eigenvalue weighted by molar-refractivity contribution is 6.17. The maximum absolute atomic E-state index is 11.6. The lowest BCUT2D eigenvalue weighted by Crippen LogP contribution is -2.34. The molecule has 1 atom stereocenters. The second kappa shape index (κ2) is 8.34. The van der Waals surface area contributed by atoms with Gasteiger partial charge in [-0.3, -0.25) is 10.2 Å². The number of nitrogens with two attached hydrogens (primary N) is 1. The number of halogens is 2. The molecule has 0 aliphatic heterocycles. The van der Waals surface area contributed by atoms with E-state index in [4.69, 9.17) is 17.4 Å². The summed E-state index contributed by atoms with van der Waals surface area (Å²) in [6, 6.07) is 7.91. The van der Waals surface area contributed by atoms with Gasteiger partial charge in [0.1, 0.15) is 0 Å². The summed E-state index contributed by atoms with van der Waals surface area (Å²) in [6.07, 6.45) is 1.52. The Kier molecular flexibility index (Phi) is 7.96. The van der Waals surface area contributed by atoms with E-state index in [-0.39, 0.29) is 24.2 Å². The van der Waals surface area contributed by atoms with E-state index < -0.39 is 0 Å². The predicted molar refractivity (Wildman–Crippen MR) is 73.5 cm³/mol. The van der Waals surface area contributed by atoms with Crippen molar-refractivity contribution in [2.24, 2.45) is 5.84 Å². The molecule has 0 aliphatic carbocycles. The van der Waals surface area contributed by atoms with Crippen LogP contribution < -0.4 is 11.3 Å². The van der Waals surface area contributed by atoms with Gasteiger partial charge in [-0.05, 0) is 25.3 Å². The van der Waals surface area contributed by atoms with E-state index in [0.29, 0.717) is 5.88 Å². The smallest absolute Gasteiger partial charge is 0.241 e. The standard InChI is InChI=1S/C12H17ClN2O.ClH/c1-9-4-6-10(7-5-9)11(3-2-8-13)12(16)15-14;/h4-7,11H,2-3,8,14H2,1H3,(H,15,16);1H. The largest absolute Gasteiger partial charge is 0.294 e. The Morgan fingerprint density at radius 2 is 2.00 bits per heavy atom. The van der Waals surface area contributed by atoms with Crippen molar-refractivity contribution in [3.8, 4) is 0 Å². The number of hydrazine groups is 1. The number of aryl methyl sites for hydroxylation is 1. The SMILES string of the molecule is Cc1ccc(C(CCCCl)C(=O)NN)cc1.Cl. The van der Waals surface area contributed by atoms with Gasteiger partial charge in [0.2, 0.25) is 5.91 Å². The number of carbonyl (C=O) groups excluding carboxylic acids is 1. The lowest BCUT2D eigenvalue weighted by molar-refractivity contribution is -0.122. The number of rotatable bonds is 5. The lowest BCUT2D eigenvalue weighted by atomic mass is 9.93. The van der Waals surface area contributed by atoms with Crippen LogP contribution in [0.4, 0.5) is 0 Å². The van der Waals surface area contributed by atoms with Crippen molar-refractivity contribution in [2.45, 2.75) is 25.7 Å². The molecule has 0 bridgehead atoms. The molecule has 3 nitrogen and oxygen atoms in total. The highest BCUT2D eigenvalue weighted by atomic mass is 35.5. The quantitative estimate of drug-likeness (QED) is 0.376. The number of carbonyl (C=O) groups is 1. The van der Waals surface area contributed by atoms with Crippen molar-refractivity contribution in [1.29, 1.82) is 0 Å². The highest BCUT2D eigenvalue weighted by Gasteiger charge is 2.18. The second-order valence-corrected chi connectivity index (χ2v) is 4.18. The van der Waals surface area contributed by atoms with Crippen LogP contribution in [0.3, 0.4) is 0 Å². The van der Waals surface area contributed by atoms with Crippen LogP contribution in [-0.2, 0) is 4.79 Å². The molecule has 0 radical (unpaired) electrons. The normalized spacial score (nSPS) is 11.5. The molecule has 0 saturated heterocycles. The first-order valence-corrected chi connectivity index (χ1v) is 5.85. The van der Waals surface area contributed by atoms with Crippen LogP contribution in [0.5, 0.6) is 0 Å². The minimum absolute atomic E-state index is 0. The molecular weight excluding hydrogens is 259 g/mol. The van der Waals surface area contributed by atoms with Gasteiger partial charge in [-0.1, -0.05) is 29.8 Å². The summed E-state index contributed by atoms with van der Waals surface area (Å²) in [5.74, 6) is 5.37. The third kappa shape index (κ3) is 4.94. The van der Waals surface area contributed by atoms with E-state index >= 15 is 0 Å². The summed E-state index contributed by atoms with van der Waals surface area (Å²) in [7, 11) is 0. The van der Waals surface area contributed by atoms with Crippen LogP contribution in [-0.4, -0.2) is 11.8 Å². The minimum Gasteiger partial charge on any atom is -0.294 e. The van der Waals surface area contributed by atoms with Gasteiger partial charge in [0, 0.05) is 5.88 Å². The molecule has 1 amide bonds. The molecule has 17 heavy (non-hydrogen) atoms. The number of alkyl halides is 1. The highest BCUT2D eigenvalue weighted by Crippen LogP contribution is 2.22. The molecule has 0 saturated carbocycles. The molecule has 0 aromatic heterocycles. The number of hydrogen-bond acceptors (Lipinski definition) is 2. The van der Waals surface area contributed by atoms with E-state index in [0.717, 1.165) is 18.4 Å². The monoisotopic (exact) mass is 276 g/mol. The summed E-state index contributed by atoms with van der Waals surface area (Å²) in [6.45, 7) is 2.01. The Bertz CT molecular complexity index is 341. The maximum atomic E-state index is 11.6. The molecule has 0 fully saturated rings. The Hall–Kier alpha value is -0.770. The topological polar surface area (TPSA) is 55.1 Å². The third-order valence-corrected chi connectivity index (χ3v) is 2.83. The maximum Gasteiger partial charge on any atom is 0.241 e. The van der Waals surface area contributed by atoms with Crippen molar-refractivity contribution < 1.29 is 4.79 Å². The number of benzene rings is 1. The first-order chi connectivity index (χ1) is 7.69. The van der Waals surface area contributed by atoms with Gasteiger partial charge in [-0.25, -0.2) is 5.84 Å². The molecule has 0 spiro atoms. The molecule has 96 valence electrons. The van der Waals surface area contributed by atoms with Crippen LogP contribution in [0, 0.1) is 6.92 Å². The summed E-state index contributed by atoms with van der Waals surface area (Å²) >= 11 is 5.64. The zero-order chi connectivity index (χ0) is 12.0. The fraction of sp³-hybridized carbons (Fsp3) is 0.417. The average molecular weight is 277 g/mol. The van der Waals surface area contributed by atoms with E-state index in [2.05, 4.69) is 5.43 Å². The summed E-state index contributed by atoms with van der Waals surface area (Å²) in [5.41, 5.74) is 4.36. The number of nitrogens with one attached hydrogen (secondary N) is 1. The Labute approximate surface area is 113 Å². The van der Waals surface area contributed by atoms with E-state index in [1.807, 2.05) is 31.2 Å². The van der Waals surface area contributed by atoms with Gasteiger partial charge in [0.05, 0.1) is 5.92 Å². The second-order valence-electron chi connectivity index (χ2n) is 3.80. The summed E-state index contributed by atoms with van der Waals surface area (Å²) in [5, 5.41) is 0. The first-order valence-electron chi connectivity index (χ1n) is 5.32. The molecule has 1 unspecified atom stereocenters. The fourth-order valence-corrected chi connectivity index (χ4v) is 1.78. The number of amides is 1. The molecule has 1 aromatic rings. The molecule has 0 aliphatic rings. The molecule has 3 N–H and O–H groups in total. The van der Waals surface area contributed by atoms with E-state index in [1.165, 1.54) is 5.56 Å². The first kappa shape index (κ1) is 16.2. The van der Waals surface area contributed by atoms with Crippen molar-refractivity contribution in [2.75, 3.05) is 5.88 Å².